The highest BCUT2D eigenvalue weighted by Crippen LogP contribution is 2.41. The van der Waals surface area contributed by atoms with Gasteiger partial charge >= 0.3 is 0 Å². The lowest BCUT2D eigenvalue weighted by molar-refractivity contribution is 0.0211. The van der Waals surface area contributed by atoms with Crippen LogP contribution in [0.4, 0.5) is 11.5 Å². The molecule has 6 nitrogen and oxygen atoms in total. The number of rotatable bonds is 4. The monoisotopic (exact) mass is 311 g/mol. The molecule has 0 radical (unpaired) electrons. The first-order valence-corrected chi connectivity index (χ1v) is 8.21. The van der Waals surface area contributed by atoms with Crippen LogP contribution in [-0.4, -0.2) is 34.2 Å². The average molecular weight is 311 g/mol. The van der Waals surface area contributed by atoms with E-state index in [2.05, 4.69) is 26.3 Å². The van der Waals surface area contributed by atoms with Crippen molar-refractivity contribution in [2.45, 2.75) is 37.6 Å². The average Bonchev–Trinajstić information content (AvgIpc) is 3.06. The Labute approximate surface area is 135 Å². The Balaban J connectivity index is 1.75. The minimum Gasteiger partial charge on any atom is -0.382 e. The van der Waals surface area contributed by atoms with E-state index < -0.39 is 0 Å². The maximum absolute atomic E-state index is 6.30. The zero-order chi connectivity index (χ0) is 15.6. The highest BCUT2D eigenvalue weighted by Gasteiger charge is 2.26. The van der Waals surface area contributed by atoms with E-state index in [1.165, 1.54) is 37.6 Å². The Morgan fingerprint density at radius 3 is 2.52 bits per heavy atom. The van der Waals surface area contributed by atoms with Crippen LogP contribution in [0.3, 0.4) is 0 Å². The van der Waals surface area contributed by atoms with Crippen molar-refractivity contribution in [2.24, 2.45) is 0 Å². The summed E-state index contributed by atoms with van der Waals surface area (Å²) in [4.78, 5) is 12.8. The van der Waals surface area contributed by atoms with Crippen LogP contribution in [0.5, 0.6) is 0 Å². The smallest absolute Gasteiger partial charge is 0.147 e. The molecule has 23 heavy (non-hydrogen) atoms. The van der Waals surface area contributed by atoms with Crippen molar-refractivity contribution in [1.29, 1.82) is 0 Å². The van der Waals surface area contributed by atoms with E-state index in [-0.39, 0.29) is 0 Å². The van der Waals surface area contributed by atoms with Crippen LogP contribution in [0, 0.1) is 0 Å². The Bertz CT molecular complexity index is 681. The quantitative estimate of drug-likeness (QED) is 0.902. The number of nitrogens with one attached hydrogen (secondary N) is 1. The van der Waals surface area contributed by atoms with Crippen LogP contribution >= 0.6 is 0 Å². The normalized spacial score (nSPS) is 18.8. The molecule has 0 amide bonds. The van der Waals surface area contributed by atoms with Crippen molar-refractivity contribution in [1.82, 2.24) is 15.0 Å². The summed E-state index contributed by atoms with van der Waals surface area (Å²) in [5.74, 6) is 1.10. The molecule has 0 aromatic carbocycles. The number of nitrogens with two attached hydrogens (primary N) is 1. The van der Waals surface area contributed by atoms with Gasteiger partial charge in [-0.25, -0.2) is 15.0 Å². The van der Waals surface area contributed by atoms with Gasteiger partial charge in [0.15, 0.2) is 0 Å². The van der Waals surface area contributed by atoms with Crippen molar-refractivity contribution >= 4 is 11.5 Å². The van der Waals surface area contributed by atoms with Crippen LogP contribution in [0.25, 0.3) is 11.3 Å². The first kappa shape index (κ1) is 14.4. The molecule has 6 heteroatoms. The zero-order valence-electron chi connectivity index (χ0n) is 13.0. The molecule has 1 saturated carbocycles. The largest absolute Gasteiger partial charge is 0.382 e. The molecular formula is C17H21N5O. The molecule has 0 atom stereocenters. The zero-order valence-corrected chi connectivity index (χ0v) is 13.0. The lowest BCUT2D eigenvalue weighted by Crippen LogP contribution is -2.40. The molecule has 0 unspecified atom stereocenters. The summed E-state index contributed by atoms with van der Waals surface area (Å²) in [5.41, 5.74) is 10.3. The maximum atomic E-state index is 6.30. The third kappa shape index (κ3) is 2.86. The summed E-state index contributed by atoms with van der Waals surface area (Å²) in [6.07, 6.45) is 10.1. The molecule has 2 aliphatic rings. The summed E-state index contributed by atoms with van der Waals surface area (Å²) in [7, 11) is 0. The van der Waals surface area contributed by atoms with Crippen molar-refractivity contribution < 1.29 is 4.74 Å². The number of hydrogen-bond donors (Lipinski definition) is 2. The van der Waals surface area contributed by atoms with E-state index in [0.29, 0.717) is 17.8 Å². The molecule has 3 heterocycles. The number of hydrogen-bond acceptors (Lipinski definition) is 6. The minimum atomic E-state index is 0.338. The van der Waals surface area contributed by atoms with Crippen LogP contribution in [0.2, 0.25) is 0 Å². The molecular weight excluding hydrogens is 290 g/mol. The number of anilines is 2. The third-order valence-corrected chi connectivity index (χ3v) is 4.72. The fraction of sp³-hybridized carbons (Fsp3) is 0.471. The number of ether oxygens (including phenoxy) is 1. The first-order valence-electron chi connectivity index (χ1n) is 8.21. The predicted molar refractivity (Wildman–Crippen MR) is 89.1 cm³/mol. The number of nitrogens with zero attached hydrogens (tertiary/aromatic N) is 3. The van der Waals surface area contributed by atoms with Crippen LogP contribution in [-0.2, 0) is 4.74 Å². The van der Waals surface area contributed by atoms with E-state index in [9.17, 15) is 0 Å². The second-order valence-corrected chi connectivity index (χ2v) is 6.34. The summed E-state index contributed by atoms with van der Waals surface area (Å²) in [6, 6.07) is 2.50. The number of aromatic nitrogens is 3. The highest BCUT2D eigenvalue weighted by atomic mass is 16.5. The van der Waals surface area contributed by atoms with Gasteiger partial charge in [-0.3, -0.25) is 0 Å². The fourth-order valence-corrected chi connectivity index (χ4v) is 3.40. The lowest BCUT2D eigenvalue weighted by atomic mass is 9.94. The fourth-order valence-electron chi connectivity index (χ4n) is 3.40. The van der Waals surface area contributed by atoms with Crippen molar-refractivity contribution in [3.63, 3.8) is 0 Å². The van der Waals surface area contributed by atoms with Gasteiger partial charge in [-0.15, -0.1) is 0 Å². The van der Waals surface area contributed by atoms with Gasteiger partial charge in [0.25, 0.3) is 0 Å². The topological polar surface area (TPSA) is 86.0 Å². The highest BCUT2D eigenvalue weighted by molar-refractivity contribution is 5.74. The summed E-state index contributed by atoms with van der Waals surface area (Å²) in [5, 5.41) is 3.53. The Hall–Kier alpha value is -2.21. The van der Waals surface area contributed by atoms with Crippen molar-refractivity contribution in [2.75, 3.05) is 24.3 Å². The molecule has 3 N–H and O–H groups in total. The third-order valence-electron chi connectivity index (χ3n) is 4.72. The van der Waals surface area contributed by atoms with Gasteiger partial charge in [0.1, 0.15) is 12.1 Å². The van der Waals surface area contributed by atoms with E-state index in [0.717, 1.165) is 30.2 Å². The van der Waals surface area contributed by atoms with E-state index in [4.69, 9.17) is 10.5 Å². The van der Waals surface area contributed by atoms with Crippen LogP contribution in [0.1, 0.15) is 37.2 Å². The molecule has 0 bridgehead atoms. The molecule has 120 valence electrons. The van der Waals surface area contributed by atoms with Gasteiger partial charge in [0.2, 0.25) is 0 Å². The molecule has 1 aliphatic heterocycles. The Kier molecular flexibility index (Phi) is 3.83. The predicted octanol–water partition coefficient (Wildman–Crippen LogP) is 2.59. The van der Waals surface area contributed by atoms with Gasteiger partial charge in [-0.1, -0.05) is 12.8 Å². The number of nitrogen functional groups attached to an aromatic ring is 1. The SMILES string of the molecule is Nc1nc(-c2cncnc2)cc(C2CCCC2)c1NC1COC1. The van der Waals surface area contributed by atoms with Crippen LogP contribution in [0.15, 0.2) is 24.8 Å². The lowest BCUT2D eigenvalue weighted by Gasteiger charge is -2.30. The summed E-state index contributed by atoms with van der Waals surface area (Å²) < 4.78 is 5.27. The van der Waals surface area contributed by atoms with Crippen molar-refractivity contribution in [3.8, 4) is 11.3 Å². The maximum Gasteiger partial charge on any atom is 0.147 e. The molecule has 2 fully saturated rings. The summed E-state index contributed by atoms with van der Waals surface area (Å²) in [6.45, 7) is 1.47. The Morgan fingerprint density at radius 1 is 1.13 bits per heavy atom. The standard InChI is InChI=1S/C17H21N5O/c18-17-16(21-13-8-23-9-13)14(11-3-1-2-4-11)5-15(22-17)12-6-19-10-20-7-12/h5-7,10-11,13,21H,1-4,8-9H2,(H2,18,22). The van der Waals surface area contributed by atoms with Gasteiger partial charge in [-0.05, 0) is 30.4 Å². The molecule has 0 spiro atoms. The van der Waals surface area contributed by atoms with E-state index in [1.54, 1.807) is 12.4 Å². The second kappa shape index (κ2) is 6.12. The van der Waals surface area contributed by atoms with Crippen molar-refractivity contribution in [3.05, 3.63) is 30.4 Å². The van der Waals surface area contributed by atoms with Gasteiger partial charge in [-0.2, -0.15) is 0 Å². The molecule has 2 aromatic rings. The van der Waals surface area contributed by atoms with Gasteiger partial charge < -0.3 is 15.8 Å². The van der Waals surface area contributed by atoms with Crippen LogP contribution < -0.4 is 11.1 Å². The molecule has 1 saturated heterocycles. The van der Waals surface area contributed by atoms with Gasteiger partial charge in [0.05, 0.1) is 30.6 Å². The van der Waals surface area contributed by atoms with E-state index in [1.807, 2.05) is 0 Å². The molecule has 1 aliphatic carbocycles. The molecule has 4 rings (SSSR count). The van der Waals surface area contributed by atoms with Gasteiger partial charge in [0, 0.05) is 18.0 Å². The summed E-state index contributed by atoms with van der Waals surface area (Å²) >= 11 is 0. The molecule has 2 aromatic heterocycles. The minimum absolute atomic E-state index is 0.338. The number of pyridine rings is 1. The Morgan fingerprint density at radius 2 is 1.87 bits per heavy atom. The second-order valence-electron chi connectivity index (χ2n) is 6.34. The first-order chi connectivity index (χ1) is 11.3. The van der Waals surface area contributed by atoms with E-state index >= 15 is 0 Å².